The summed E-state index contributed by atoms with van der Waals surface area (Å²) in [6, 6.07) is 5.65. The number of carbonyl (C=O) groups excluding carboxylic acids is 1. The summed E-state index contributed by atoms with van der Waals surface area (Å²) in [5.74, 6) is 0.210. The highest BCUT2D eigenvalue weighted by Gasteiger charge is 2.16. The molecule has 0 bridgehead atoms. The summed E-state index contributed by atoms with van der Waals surface area (Å²) in [5, 5.41) is 0. The molecule has 1 heterocycles. The first kappa shape index (κ1) is 12.7. The summed E-state index contributed by atoms with van der Waals surface area (Å²) < 4.78 is 10.0. The van der Waals surface area contributed by atoms with Crippen LogP contribution < -0.4 is 9.64 Å². The molecule has 18 heavy (non-hydrogen) atoms. The van der Waals surface area contributed by atoms with Crippen LogP contribution in [0.1, 0.15) is 29.6 Å². The zero-order valence-electron chi connectivity index (χ0n) is 10.9. The number of hydrogen-bond acceptors (Lipinski definition) is 4. The summed E-state index contributed by atoms with van der Waals surface area (Å²) in [5.41, 5.74) is 1.58. The lowest BCUT2D eigenvalue weighted by Gasteiger charge is -2.29. The van der Waals surface area contributed by atoms with Crippen LogP contribution in [0.4, 0.5) is 5.69 Å². The Balaban J connectivity index is 2.26. The van der Waals surface area contributed by atoms with Gasteiger partial charge in [-0.1, -0.05) is 0 Å². The van der Waals surface area contributed by atoms with Gasteiger partial charge in [0.2, 0.25) is 0 Å². The summed E-state index contributed by atoms with van der Waals surface area (Å²) in [6.07, 6.45) is 3.75. The first-order valence-corrected chi connectivity index (χ1v) is 6.27. The van der Waals surface area contributed by atoms with Gasteiger partial charge >= 0.3 is 5.97 Å². The van der Waals surface area contributed by atoms with Crippen molar-refractivity contribution in [3.63, 3.8) is 0 Å². The third kappa shape index (κ3) is 2.58. The zero-order chi connectivity index (χ0) is 13.0. The molecule has 0 amide bonds. The molecule has 1 aromatic rings. The van der Waals surface area contributed by atoms with Gasteiger partial charge in [-0.05, 0) is 31.4 Å². The number of esters is 1. The van der Waals surface area contributed by atoms with Crippen LogP contribution in [0, 0.1) is 0 Å². The molecule has 1 saturated heterocycles. The molecule has 0 spiro atoms. The van der Waals surface area contributed by atoms with Gasteiger partial charge in [-0.3, -0.25) is 0 Å². The van der Waals surface area contributed by atoms with Gasteiger partial charge in [0.15, 0.2) is 0 Å². The topological polar surface area (TPSA) is 38.8 Å². The minimum absolute atomic E-state index is 0.364. The fraction of sp³-hybridized carbons (Fsp3) is 0.500. The van der Waals surface area contributed by atoms with Crippen molar-refractivity contribution in [2.45, 2.75) is 19.3 Å². The number of carbonyl (C=O) groups is 1. The summed E-state index contributed by atoms with van der Waals surface area (Å²) in [4.78, 5) is 13.9. The van der Waals surface area contributed by atoms with E-state index in [1.165, 1.54) is 26.4 Å². The van der Waals surface area contributed by atoms with Gasteiger partial charge in [0.05, 0.1) is 14.2 Å². The Morgan fingerprint density at radius 1 is 1.17 bits per heavy atom. The predicted octanol–water partition coefficient (Wildman–Crippen LogP) is 2.47. The Morgan fingerprint density at radius 3 is 2.50 bits per heavy atom. The van der Waals surface area contributed by atoms with Crippen molar-refractivity contribution < 1.29 is 14.3 Å². The maximum absolute atomic E-state index is 11.6. The van der Waals surface area contributed by atoms with Crippen LogP contribution in [0.5, 0.6) is 5.75 Å². The van der Waals surface area contributed by atoms with Gasteiger partial charge in [0.1, 0.15) is 11.3 Å². The van der Waals surface area contributed by atoms with Crippen LogP contribution in [0.2, 0.25) is 0 Å². The molecule has 0 unspecified atom stereocenters. The normalized spacial score (nSPS) is 15.3. The zero-order valence-corrected chi connectivity index (χ0v) is 10.9. The lowest BCUT2D eigenvalue weighted by molar-refractivity contribution is 0.0597. The van der Waals surface area contributed by atoms with Crippen LogP contribution in [0.15, 0.2) is 18.2 Å². The molecule has 98 valence electrons. The lowest BCUT2D eigenvalue weighted by Crippen LogP contribution is -2.29. The van der Waals surface area contributed by atoms with Gasteiger partial charge in [-0.15, -0.1) is 0 Å². The van der Waals surface area contributed by atoms with E-state index in [0.29, 0.717) is 11.3 Å². The molecule has 4 heteroatoms. The molecule has 2 rings (SSSR count). The van der Waals surface area contributed by atoms with Gasteiger partial charge in [-0.25, -0.2) is 4.79 Å². The number of ether oxygens (including phenoxy) is 2. The Labute approximate surface area is 107 Å². The van der Waals surface area contributed by atoms with E-state index in [0.717, 1.165) is 18.8 Å². The maximum atomic E-state index is 11.6. The van der Waals surface area contributed by atoms with Crippen molar-refractivity contribution in [1.82, 2.24) is 0 Å². The van der Waals surface area contributed by atoms with Crippen LogP contribution in [0.3, 0.4) is 0 Å². The number of rotatable bonds is 3. The molecule has 1 fully saturated rings. The fourth-order valence-electron chi connectivity index (χ4n) is 2.31. The van der Waals surface area contributed by atoms with Crippen LogP contribution in [-0.4, -0.2) is 33.3 Å². The van der Waals surface area contributed by atoms with Crippen molar-refractivity contribution >= 4 is 11.7 Å². The van der Waals surface area contributed by atoms with Crippen molar-refractivity contribution in [1.29, 1.82) is 0 Å². The van der Waals surface area contributed by atoms with Crippen LogP contribution >= 0.6 is 0 Å². The Morgan fingerprint density at radius 2 is 1.89 bits per heavy atom. The van der Waals surface area contributed by atoms with E-state index in [1.54, 1.807) is 13.2 Å². The summed E-state index contributed by atoms with van der Waals surface area (Å²) >= 11 is 0. The Kier molecular flexibility index (Phi) is 4.07. The smallest absolute Gasteiger partial charge is 0.341 e. The molecule has 1 aliphatic rings. The molecule has 0 radical (unpaired) electrons. The number of nitrogens with zero attached hydrogens (tertiary/aromatic N) is 1. The quantitative estimate of drug-likeness (QED) is 0.771. The number of piperidine rings is 1. The average Bonchev–Trinajstić information content (AvgIpc) is 2.46. The van der Waals surface area contributed by atoms with E-state index in [-0.39, 0.29) is 5.97 Å². The molecule has 1 aliphatic heterocycles. The number of benzene rings is 1. The number of hydrogen-bond donors (Lipinski definition) is 0. The summed E-state index contributed by atoms with van der Waals surface area (Å²) in [7, 11) is 2.95. The maximum Gasteiger partial charge on any atom is 0.341 e. The number of methoxy groups -OCH3 is 2. The number of anilines is 1. The molecule has 0 saturated carbocycles. The largest absolute Gasteiger partial charge is 0.496 e. The van der Waals surface area contributed by atoms with Crippen molar-refractivity contribution in [3.8, 4) is 5.75 Å². The van der Waals surface area contributed by atoms with E-state index in [4.69, 9.17) is 9.47 Å². The SMILES string of the molecule is COC(=O)c1ccc(N2CCCCC2)cc1OC. The molecule has 0 N–H and O–H groups in total. The van der Waals surface area contributed by atoms with Crippen molar-refractivity contribution in [3.05, 3.63) is 23.8 Å². The van der Waals surface area contributed by atoms with E-state index >= 15 is 0 Å². The molecular weight excluding hydrogens is 230 g/mol. The predicted molar refractivity (Wildman–Crippen MR) is 70.4 cm³/mol. The third-order valence-corrected chi connectivity index (χ3v) is 3.31. The molecule has 0 aliphatic carbocycles. The molecule has 4 nitrogen and oxygen atoms in total. The van der Waals surface area contributed by atoms with E-state index in [2.05, 4.69) is 4.90 Å². The van der Waals surface area contributed by atoms with E-state index in [1.807, 2.05) is 12.1 Å². The fourth-order valence-corrected chi connectivity index (χ4v) is 2.31. The van der Waals surface area contributed by atoms with Crippen LogP contribution in [0.25, 0.3) is 0 Å². The molecule has 0 aromatic heterocycles. The Bertz CT molecular complexity index is 425. The molecular formula is C14H19NO3. The minimum atomic E-state index is -0.364. The highest BCUT2D eigenvalue weighted by molar-refractivity contribution is 5.93. The van der Waals surface area contributed by atoms with Crippen molar-refractivity contribution in [2.24, 2.45) is 0 Å². The van der Waals surface area contributed by atoms with Gasteiger partial charge in [0, 0.05) is 24.8 Å². The lowest BCUT2D eigenvalue weighted by atomic mass is 10.1. The monoisotopic (exact) mass is 249 g/mol. The van der Waals surface area contributed by atoms with Crippen LogP contribution in [-0.2, 0) is 4.74 Å². The standard InChI is InChI=1S/C14H19NO3/c1-17-13-10-11(15-8-4-3-5-9-15)6-7-12(13)14(16)18-2/h6-7,10H,3-5,8-9H2,1-2H3. The molecule has 1 aromatic carbocycles. The third-order valence-electron chi connectivity index (χ3n) is 3.31. The second kappa shape index (κ2) is 5.76. The average molecular weight is 249 g/mol. The van der Waals surface area contributed by atoms with Gasteiger partial charge in [-0.2, -0.15) is 0 Å². The molecule has 0 atom stereocenters. The highest BCUT2D eigenvalue weighted by Crippen LogP contribution is 2.28. The first-order chi connectivity index (χ1) is 8.76. The van der Waals surface area contributed by atoms with Crippen molar-refractivity contribution in [2.75, 3.05) is 32.2 Å². The first-order valence-electron chi connectivity index (χ1n) is 6.27. The van der Waals surface area contributed by atoms with Gasteiger partial charge in [0.25, 0.3) is 0 Å². The van der Waals surface area contributed by atoms with E-state index < -0.39 is 0 Å². The van der Waals surface area contributed by atoms with E-state index in [9.17, 15) is 4.79 Å². The van der Waals surface area contributed by atoms with Gasteiger partial charge < -0.3 is 14.4 Å². The Hall–Kier alpha value is -1.71. The minimum Gasteiger partial charge on any atom is -0.496 e. The second-order valence-electron chi connectivity index (χ2n) is 4.42. The second-order valence-corrected chi connectivity index (χ2v) is 4.42. The summed E-state index contributed by atoms with van der Waals surface area (Å²) in [6.45, 7) is 2.14. The highest BCUT2D eigenvalue weighted by atomic mass is 16.5.